The molecule has 1 aliphatic rings. The molecule has 7 nitrogen and oxygen atoms in total. The van der Waals surface area contributed by atoms with E-state index in [0.717, 1.165) is 19.1 Å². The zero-order valence-corrected chi connectivity index (χ0v) is 18.5. The number of benzene rings is 1. The summed E-state index contributed by atoms with van der Waals surface area (Å²) in [5.74, 6) is -0.255. The van der Waals surface area contributed by atoms with E-state index in [1.165, 1.54) is 41.7 Å². The van der Waals surface area contributed by atoms with Crippen LogP contribution in [-0.2, 0) is 35.4 Å². The molecule has 32 heavy (non-hydrogen) atoms. The van der Waals surface area contributed by atoms with Crippen LogP contribution in [0.1, 0.15) is 24.1 Å². The summed E-state index contributed by atoms with van der Waals surface area (Å²) in [4.78, 5) is 12.2. The predicted molar refractivity (Wildman–Crippen MR) is 113 cm³/mol. The molecule has 0 unspecified atom stereocenters. The number of nitrogens with zero attached hydrogens (tertiary/aromatic N) is 3. The molecule has 1 aromatic carbocycles. The standard InChI is InChI=1S/C21H22F3N3O4S/c1-26-10-14(8-17(31-2)20(26)28)13-6-15(11-32(3,29)30)18-16(7-13)27(9-12-4-5-12)25-19(18)21(22,23)24/h6-8,10,12H,4-5,9,11H2,1-3H3. The van der Waals surface area contributed by atoms with Crippen LogP contribution in [0.2, 0.25) is 0 Å². The third-order valence-corrected chi connectivity index (χ3v) is 6.29. The average Bonchev–Trinajstić information content (AvgIpc) is 3.41. The maximum absolute atomic E-state index is 13.8. The van der Waals surface area contributed by atoms with Gasteiger partial charge in [-0.2, -0.15) is 18.3 Å². The molecule has 0 radical (unpaired) electrons. The lowest BCUT2D eigenvalue weighted by atomic mass is 10.00. The second kappa shape index (κ2) is 7.65. The summed E-state index contributed by atoms with van der Waals surface area (Å²) in [7, 11) is -0.766. The van der Waals surface area contributed by atoms with Crippen molar-refractivity contribution in [3.8, 4) is 16.9 Å². The van der Waals surface area contributed by atoms with Gasteiger partial charge in [-0.25, -0.2) is 8.42 Å². The van der Waals surface area contributed by atoms with Crippen LogP contribution in [0.15, 0.2) is 29.2 Å². The highest BCUT2D eigenvalue weighted by Gasteiger charge is 2.39. The van der Waals surface area contributed by atoms with E-state index in [2.05, 4.69) is 5.10 Å². The molecule has 0 aliphatic heterocycles. The number of ether oxygens (including phenoxy) is 1. The molecule has 0 bridgehead atoms. The number of aryl methyl sites for hydroxylation is 1. The molecule has 2 aromatic heterocycles. The van der Waals surface area contributed by atoms with Crippen LogP contribution < -0.4 is 10.3 Å². The summed E-state index contributed by atoms with van der Waals surface area (Å²) in [5, 5.41) is 3.64. The fourth-order valence-electron chi connectivity index (χ4n) is 3.82. The van der Waals surface area contributed by atoms with Crippen molar-refractivity contribution in [3.63, 3.8) is 0 Å². The number of hydrogen-bond acceptors (Lipinski definition) is 5. The second-order valence-electron chi connectivity index (χ2n) is 8.28. The van der Waals surface area contributed by atoms with Gasteiger partial charge in [-0.05, 0) is 48.1 Å². The number of fused-ring (bicyclic) bond motifs is 1. The first-order valence-electron chi connectivity index (χ1n) is 9.91. The first-order chi connectivity index (χ1) is 14.9. The van der Waals surface area contributed by atoms with Crippen molar-refractivity contribution >= 4 is 20.7 Å². The number of hydrogen-bond donors (Lipinski definition) is 0. The minimum absolute atomic E-state index is 0.0159. The third kappa shape index (κ3) is 4.38. The van der Waals surface area contributed by atoms with E-state index in [-0.39, 0.29) is 33.7 Å². The van der Waals surface area contributed by atoms with Crippen molar-refractivity contribution in [2.75, 3.05) is 13.4 Å². The van der Waals surface area contributed by atoms with Gasteiger partial charge in [-0.1, -0.05) is 0 Å². The summed E-state index contributed by atoms with van der Waals surface area (Å²) in [6, 6.07) is 4.46. The highest BCUT2D eigenvalue weighted by Crippen LogP contribution is 2.40. The van der Waals surface area contributed by atoms with Gasteiger partial charge in [0.25, 0.3) is 5.56 Å². The minimum atomic E-state index is -4.74. The number of aromatic nitrogens is 3. The number of methoxy groups -OCH3 is 1. The minimum Gasteiger partial charge on any atom is -0.491 e. The lowest BCUT2D eigenvalue weighted by Crippen LogP contribution is -2.17. The Kier molecular flexibility index (Phi) is 5.35. The first kappa shape index (κ1) is 22.4. The molecule has 1 fully saturated rings. The van der Waals surface area contributed by atoms with Gasteiger partial charge in [0.15, 0.2) is 21.3 Å². The number of rotatable bonds is 6. The van der Waals surface area contributed by atoms with E-state index in [4.69, 9.17) is 4.74 Å². The Balaban J connectivity index is 2.04. The van der Waals surface area contributed by atoms with Gasteiger partial charge in [-0.15, -0.1) is 0 Å². The quantitative estimate of drug-likeness (QED) is 0.553. The lowest BCUT2D eigenvalue weighted by molar-refractivity contribution is -0.140. The smallest absolute Gasteiger partial charge is 0.435 e. The Morgan fingerprint density at radius 3 is 2.44 bits per heavy atom. The van der Waals surface area contributed by atoms with Gasteiger partial charge in [0, 0.05) is 37.0 Å². The van der Waals surface area contributed by atoms with E-state index >= 15 is 0 Å². The van der Waals surface area contributed by atoms with E-state index in [9.17, 15) is 26.4 Å². The van der Waals surface area contributed by atoms with Crippen molar-refractivity contribution in [1.82, 2.24) is 14.3 Å². The maximum atomic E-state index is 13.8. The Bertz CT molecular complexity index is 1370. The van der Waals surface area contributed by atoms with E-state index in [1.54, 1.807) is 6.07 Å². The van der Waals surface area contributed by atoms with E-state index < -0.39 is 27.5 Å². The fraction of sp³-hybridized carbons (Fsp3) is 0.429. The van der Waals surface area contributed by atoms with Gasteiger partial charge in [0.2, 0.25) is 0 Å². The van der Waals surface area contributed by atoms with Crippen LogP contribution >= 0.6 is 0 Å². The molecule has 0 spiro atoms. The molecule has 1 saturated carbocycles. The lowest BCUT2D eigenvalue weighted by Gasteiger charge is -2.12. The van der Waals surface area contributed by atoms with Crippen LogP contribution in [0.3, 0.4) is 0 Å². The summed E-state index contributed by atoms with van der Waals surface area (Å²) >= 11 is 0. The monoisotopic (exact) mass is 469 g/mol. The normalized spacial score (nSPS) is 14.8. The molecule has 3 aromatic rings. The van der Waals surface area contributed by atoms with Crippen LogP contribution in [0, 0.1) is 5.92 Å². The molecule has 4 rings (SSSR count). The molecule has 2 heterocycles. The Hall–Kier alpha value is -2.82. The van der Waals surface area contributed by atoms with E-state index in [0.29, 0.717) is 17.7 Å². The Morgan fingerprint density at radius 2 is 1.88 bits per heavy atom. The van der Waals surface area contributed by atoms with Crippen LogP contribution in [0.5, 0.6) is 5.75 Å². The second-order valence-corrected chi connectivity index (χ2v) is 10.4. The zero-order valence-electron chi connectivity index (χ0n) is 17.7. The van der Waals surface area contributed by atoms with Gasteiger partial charge < -0.3 is 9.30 Å². The number of sulfone groups is 1. The molecule has 1 aliphatic carbocycles. The third-order valence-electron chi connectivity index (χ3n) is 5.45. The molecule has 0 N–H and O–H groups in total. The van der Waals surface area contributed by atoms with Crippen molar-refractivity contribution in [2.24, 2.45) is 13.0 Å². The topological polar surface area (TPSA) is 83.2 Å². The average molecular weight is 469 g/mol. The van der Waals surface area contributed by atoms with Crippen LogP contribution in [0.25, 0.3) is 22.0 Å². The van der Waals surface area contributed by atoms with Crippen molar-refractivity contribution in [3.05, 3.63) is 46.0 Å². The molecular formula is C21H22F3N3O4S. The zero-order chi connectivity index (χ0) is 23.4. The Morgan fingerprint density at radius 1 is 1.19 bits per heavy atom. The van der Waals surface area contributed by atoms with Crippen molar-refractivity contribution < 1.29 is 26.3 Å². The highest BCUT2D eigenvalue weighted by atomic mass is 32.2. The van der Waals surface area contributed by atoms with Crippen LogP contribution in [0.4, 0.5) is 13.2 Å². The van der Waals surface area contributed by atoms with Crippen molar-refractivity contribution in [2.45, 2.75) is 31.3 Å². The highest BCUT2D eigenvalue weighted by molar-refractivity contribution is 7.89. The van der Waals surface area contributed by atoms with Gasteiger partial charge in [0.1, 0.15) is 0 Å². The predicted octanol–water partition coefficient (Wildman–Crippen LogP) is 3.38. The number of pyridine rings is 1. The molecule has 0 amide bonds. The van der Waals surface area contributed by atoms with Gasteiger partial charge in [-0.3, -0.25) is 9.48 Å². The molecular weight excluding hydrogens is 447 g/mol. The fourth-order valence-corrected chi connectivity index (χ4v) is 4.61. The van der Waals surface area contributed by atoms with Gasteiger partial charge in [0.05, 0.1) is 18.4 Å². The SMILES string of the molecule is COc1cc(-c2cc(CS(C)(=O)=O)c3c(C(F)(F)F)nn(CC4CC4)c3c2)cn(C)c1=O. The largest absolute Gasteiger partial charge is 0.491 e. The number of alkyl halides is 3. The van der Waals surface area contributed by atoms with Crippen molar-refractivity contribution in [1.29, 1.82) is 0 Å². The molecule has 0 atom stereocenters. The summed E-state index contributed by atoms with van der Waals surface area (Å²) in [6.45, 7) is 0.324. The first-order valence-corrected chi connectivity index (χ1v) is 12.0. The number of halogens is 3. The molecule has 11 heteroatoms. The Labute approximate surface area is 182 Å². The van der Waals surface area contributed by atoms with E-state index in [1.807, 2.05) is 0 Å². The molecule has 0 saturated heterocycles. The molecule has 172 valence electrons. The summed E-state index contributed by atoms with van der Waals surface area (Å²) in [6.07, 6.45) is -0.404. The van der Waals surface area contributed by atoms with Gasteiger partial charge >= 0.3 is 6.18 Å². The van der Waals surface area contributed by atoms with Crippen LogP contribution in [-0.4, -0.2) is 36.1 Å². The maximum Gasteiger partial charge on any atom is 0.435 e. The summed E-state index contributed by atoms with van der Waals surface area (Å²) < 4.78 is 73.4. The summed E-state index contributed by atoms with van der Waals surface area (Å²) in [5.41, 5.74) is -0.248.